The molecule has 1 amide bonds. The fourth-order valence-electron chi connectivity index (χ4n) is 3.98. The number of esters is 1. The van der Waals surface area contributed by atoms with Crippen LogP contribution in [0.3, 0.4) is 0 Å². The summed E-state index contributed by atoms with van der Waals surface area (Å²) < 4.78 is 17.9. The Morgan fingerprint density at radius 2 is 1.79 bits per heavy atom. The zero-order chi connectivity index (χ0) is 27.1. The van der Waals surface area contributed by atoms with Crippen LogP contribution in [0.1, 0.15) is 29.7 Å². The smallest absolute Gasteiger partial charge is 0.333 e. The van der Waals surface area contributed by atoms with Gasteiger partial charge in [0.15, 0.2) is 17.5 Å². The van der Waals surface area contributed by atoms with Crippen molar-refractivity contribution < 1.29 is 23.8 Å². The third kappa shape index (κ3) is 6.46. The number of thiocarbonyl (C=S) groups is 1. The number of carbonyl (C=O) groups is 2. The molecule has 0 N–H and O–H groups in total. The number of thioether (sulfide) groups is 1. The molecule has 6 nitrogen and oxygen atoms in total. The van der Waals surface area contributed by atoms with Gasteiger partial charge < -0.3 is 14.2 Å². The average molecular weight is 613 g/mol. The van der Waals surface area contributed by atoms with Gasteiger partial charge in [0.1, 0.15) is 4.32 Å². The monoisotopic (exact) mass is 611 g/mol. The summed E-state index contributed by atoms with van der Waals surface area (Å²) in [5, 5.41) is 0. The molecule has 3 aromatic rings. The topological polar surface area (TPSA) is 65.1 Å². The Labute approximate surface area is 240 Å². The maximum Gasteiger partial charge on any atom is 0.333 e. The zero-order valence-electron chi connectivity index (χ0n) is 20.9. The standard InChI is InChI=1S/C29H26BrNO5S2/c1-3-35-28(33)25(21-12-8-5-9-13-21)31-27(32)24(38-29(31)37)18-20-16-22(30)26(23(17-20)34-2)36-15-14-19-10-6-4-7-11-19/h4-13,16-18,25H,3,14-15H2,1-2H3/b24-18-. The maximum atomic E-state index is 13.5. The molecule has 1 saturated heterocycles. The highest BCUT2D eigenvalue weighted by Crippen LogP contribution is 2.41. The van der Waals surface area contributed by atoms with Crippen molar-refractivity contribution in [3.05, 3.63) is 98.9 Å². The SMILES string of the molecule is CCOC(=O)C(c1ccccc1)N1C(=O)/C(=C/c2cc(Br)c(OCCc3ccccc3)c(OC)c2)SC1=S. The number of halogens is 1. The quantitative estimate of drug-likeness (QED) is 0.146. The van der Waals surface area contributed by atoms with Crippen molar-refractivity contribution in [1.82, 2.24) is 4.90 Å². The van der Waals surface area contributed by atoms with Crippen LogP contribution in [-0.2, 0) is 20.7 Å². The highest BCUT2D eigenvalue weighted by Gasteiger charge is 2.42. The van der Waals surface area contributed by atoms with E-state index in [0.717, 1.165) is 23.7 Å². The van der Waals surface area contributed by atoms with Crippen LogP contribution in [0, 0.1) is 0 Å². The molecule has 1 unspecified atom stereocenters. The van der Waals surface area contributed by atoms with Gasteiger partial charge in [-0.15, -0.1) is 0 Å². The van der Waals surface area contributed by atoms with Crippen molar-refractivity contribution in [2.45, 2.75) is 19.4 Å². The number of methoxy groups -OCH3 is 1. The Balaban J connectivity index is 1.57. The van der Waals surface area contributed by atoms with Crippen molar-refractivity contribution in [1.29, 1.82) is 0 Å². The third-order valence-electron chi connectivity index (χ3n) is 5.74. The summed E-state index contributed by atoms with van der Waals surface area (Å²) >= 11 is 10.3. The van der Waals surface area contributed by atoms with Crippen molar-refractivity contribution >= 4 is 62.2 Å². The molecule has 0 saturated carbocycles. The van der Waals surface area contributed by atoms with E-state index in [1.54, 1.807) is 38.3 Å². The van der Waals surface area contributed by atoms with Crippen LogP contribution < -0.4 is 9.47 Å². The number of hydrogen-bond donors (Lipinski definition) is 0. The number of amides is 1. The second-order valence-corrected chi connectivity index (χ2v) is 10.8. The molecule has 38 heavy (non-hydrogen) atoms. The minimum atomic E-state index is -0.962. The largest absolute Gasteiger partial charge is 0.493 e. The van der Waals surface area contributed by atoms with E-state index in [4.69, 9.17) is 26.4 Å². The summed E-state index contributed by atoms with van der Waals surface area (Å²) in [6.07, 6.45) is 2.48. The highest BCUT2D eigenvalue weighted by molar-refractivity contribution is 9.10. The minimum absolute atomic E-state index is 0.195. The van der Waals surface area contributed by atoms with E-state index in [2.05, 4.69) is 28.1 Å². The molecule has 1 fully saturated rings. The fraction of sp³-hybridized carbons (Fsp3) is 0.207. The Kier molecular flexibility index (Phi) is 9.60. The van der Waals surface area contributed by atoms with Gasteiger partial charge in [-0.25, -0.2) is 4.79 Å². The molecule has 1 heterocycles. The first-order valence-corrected chi connectivity index (χ1v) is 14.0. The van der Waals surface area contributed by atoms with E-state index < -0.39 is 12.0 Å². The molecule has 1 aliphatic rings. The molecule has 1 aliphatic heterocycles. The van der Waals surface area contributed by atoms with Crippen LogP contribution in [0.5, 0.6) is 11.5 Å². The first kappa shape index (κ1) is 27.9. The highest BCUT2D eigenvalue weighted by atomic mass is 79.9. The second-order valence-electron chi connectivity index (χ2n) is 8.24. The lowest BCUT2D eigenvalue weighted by molar-refractivity contribution is -0.151. The maximum absolute atomic E-state index is 13.5. The molecular weight excluding hydrogens is 586 g/mol. The average Bonchev–Trinajstić information content (AvgIpc) is 3.19. The number of nitrogens with zero attached hydrogens (tertiary/aromatic N) is 1. The number of hydrogen-bond acceptors (Lipinski definition) is 7. The molecule has 0 aromatic heterocycles. The Morgan fingerprint density at radius 1 is 1.11 bits per heavy atom. The Bertz CT molecular complexity index is 1350. The van der Waals surface area contributed by atoms with Crippen molar-refractivity contribution in [2.24, 2.45) is 0 Å². The lowest BCUT2D eigenvalue weighted by Crippen LogP contribution is -2.38. The second kappa shape index (κ2) is 13.1. The summed E-state index contributed by atoms with van der Waals surface area (Å²) in [6, 6.07) is 21.8. The molecule has 9 heteroatoms. The normalized spacial score (nSPS) is 15.0. The lowest BCUT2D eigenvalue weighted by Gasteiger charge is -2.25. The van der Waals surface area contributed by atoms with Gasteiger partial charge >= 0.3 is 5.97 Å². The predicted molar refractivity (Wildman–Crippen MR) is 157 cm³/mol. The van der Waals surface area contributed by atoms with Crippen LogP contribution in [0.25, 0.3) is 6.08 Å². The molecule has 0 bridgehead atoms. The molecule has 0 spiro atoms. The molecule has 0 radical (unpaired) electrons. The summed E-state index contributed by atoms with van der Waals surface area (Å²) in [7, 11) is 1.57. The summed E-state index contributed by atoms with van der Waals surface area (Å²) in [4.78, 5) is 28.1. The Morgan fingerprint density at radius 3 is 2.45 bits per heavy atom. The van der Waals surface area contributed by atoms with Crippen LogP contribution >= 0.6 is 39.9 Å². The van der Waals surface area contributed by atoms with Gasteiger partial charge in [0.25, 0.3) is 5.91 Å². The summed E-state index contributed by atoms with van der Waals surface area (Å²) in [5.41, 5.74) is 2.53. The van der Waals surface area contributed by atoms with Crippen LogP contribution in [-0.4, -0.2) is 41.4 Å². The van der Waals surface area contributed by atoms with E-state index >= 15 is 0 Å². The molecule has 196 valence electrons. The van der Waals surface area contributed by atoms with Crippen LogP contribution in [0.15, 0.2) is 82.2 Å². The van der Waals surface area contributed by atoms with E-state index in [0.29, 0.717) is 33.0 Å². The lowest BCUT2D eigenvalue weighted by atomic mass is 10.1. The van der Waals surface area contributed by atoms with E-state index in [1.165, 1.54) is 10.5 Å². The van der Waals surface area contributed by atoms with Crippen LogP contribution in [0.4, 0.5) is 0 Å². The fourth-order valence-corrected chi connectivity index (χ4v) is 5.87. The van der Waals surface area contributed by atoms with Gasteiger partial charge in [-0.05, 0) is 57.8 Å². The van der Waals surface area contributed by atoms with E-state index in [1.807, 2.05) is 42.5 Å². The van der Waals surface area contributed by atoms with Crippen molar-refractivity contribution in [3.63, 3.8) is 0 Å². The molecular formula is C29H26BrNO5S2. The number of carbonyl (C=O) groups excluding carboxylic acids is 2. The molecule has 3 aromatic carbocycles. The predicted octanol–water partition coefficient (Wildman–Crippen LogP) is 6.58. The van der Waals surface area contributed by atoms with E-state index in [-0.39, 0.29) is 16.8 Å². The molecule has 0 aliphatic carbocycles. The van der Waals surface area contributed by atoms with Gasteiger partial charge in [0, 0.05) is 6.42 Å². The first-order valence-electron chi connectivity index (χ1n) is 12.0. The molecule has 4 rings (SSSR count). The van der Waals surface area contributed by atoms with Crippen LogP contribution in [0.2, 0.25) is 0 Å². The number of benzene rings is 3. The summed E-state index contributed by atoms with van der Waals surface area (Å²) in [6.45, 7) is 2.40. The van der Waals surface area contributed by atoms with E-state index in [9.17, 15) is 9.59 Å². The zero-order valence-corrected chi connectivity index (χ0v) is 24.1. The Hall–Kier alpha value is -3.14. The van der Waals surface area contributed by atoms with Crippen molar-refractivity contribution in [2.75, 3.05) is 20.3 Å². The van der Waals surface area contributed by atoms with Gasteiger partial charge in [0.2, 0.25) is 0 Å². The van der Waals surface area contributed by atoms with Gasteiger partial charge in [0.05, 0.1) is 29.7 Å². The van der Waals surface area contributed by atoms with Gasteiger partial charge in [-0.1, -0.05) is 84.6 Å². The van der Waals surface area contributed by atoms with Gasteiger partial charge in [-0.3, -0.25) is 9.69 Å². The molecule has 1 atom stereocenters. The van der Waals surface area contributed by atoms with Gasteiger partial charge in [-0.2, -0.15) is 0 Å². The van der Waals surface area contributed by atoms with Crippen molar-refractivity contribution in [3.8, 4) is 11.5 Å². The number of ether oxygens (including phenoxy) is 3. The summed E-state index contributed by atoms with van der Waals surface area (Å²) in [5.74, 6) is 0.222. The number of rotatable bonds is 10. The first-order chi connectivity index (χ1) is 18.4. The minimum Gasteiger partial charge on any atom is -0.493 e. The third-order valence-corrected chi connectivity index (χ3v) is 7.66.